The first-order chi connectivity index (χ1) is 11.6. The van der Waals surface area contributed by atoms with Gasteiger partial charge in [0.05, 0.1) is 13.2 Å². The molecular formula is C20H24NO3+. The summed E-state index contributed by atoms with van der Waals surface area (Å²) in [6, 6.07) is 18.8. The molecule has 0 amide bonds. The van der Waals surface area contributed by atoms with Crippen molar-refractivity contribution in [2.24, 2.45) is 0 Å². The van der Waals surface area contributed by atoms with Crippen molar-refractivity contribution in [2.45, 2.75) is 12.7 Å². The van der Waals surface area contributed by atoms with Crippen molar-refractivity contribution in [2.75, 3.05) is 32.8 Å². The predicted octanol–water partition coefficient (Wildman–Crippen LogP) is 2.58. The fourth-order valence-corrected chi connectivity index (χ4v) is 3.40. The average molecular weight is 326 g/mol. The van der Waals surface area contributed by atoms with Crippen LogP contribution in [0.15, 0.2) is 60.7 Å². The van der Waals surface area contributed by atoms with Crippen LogP contribution in [0.25, 0.3) is 0 Å². The van der Waals surface area contributed by atoms with Crippen LogP contribution in [-0.4, -0.2) is 48.2 Å². The lowest BCUT2D eigenvalue weighted by atomic mass is 10.0. The molecule has 126 valence electrons. The molecule has 0 saturated carbocycles. The van der Waals surface area contributed by atoms with E-state index in [2.05, 4.69) is 6.92 Å². The van der Waals surface area contributed by atoms with Gasteiger partial charge in [0.2, 0.25) is 11.6 Å². The van der Waals surface area contributed by atoms with Crippen LogP contribution in [0.1, 0.15) is 22.8 Å². The van der Waals surface area contributed by atoms with Crippen LogP contribution in [-0.2, 0) is 10.5 Å². The van der Waals surface area contributed by atoms with Crippen LogP contribution in [0.3, 0.4) is 0 Å². The molecule has 2 atom stereocenters. The number of carbonyl (C=O) groups excluding carboxylic acids is 1. The fraction of sp³-hybridized carbons (Fsp3) is 0.350. The highest BCUT2D eigenvalue weighted by Gasteiger charge is 2.46. The SMILES string of the molecule is CC[N+]1(CC(=O)c2ccccc2)CCO[C@@](O)(c2ccccc2)C1. The molecule has 1 unspecified atom stereocenters. The minimum atomic E-state index is -1.34. The van der Waals surface area contributed by atoms with E-state index in [0.29, 0.717) is 24.2 Å². The molecule has 0 aromatic heterocycles. The molecule has 1 heterocycles. The molecule has 1 aliphatic rings. The van der Waals surface area contributed by atoms with E-state index in [1.165, 1.54) is 0 Å². The monoisotopic (exact) mass is 326 g/mol. The molecule has 0 bridgehead atoms. The van der Waals surface area contributed by atoms with Gasteiger partial charge in [0.1, 0.15) is 19.6 Å². The van der Waals surface area contributed by atoms with Crippen LogP contribution in [0.5, 0.6) is 0 Å². The lowest BCUT2D eigenvalue weighted by Gasteiger charge is -2.46. The third kappa shape index (κ3) is 3.41. The second-order valence-electron chi connectivity index (χ2n) is 6.49. The smallest absolute Gasteiger partial charge is 0.243 e. The van der Waals surface area contributed by atoms with Gasteiger partial charge >= 0.3 is 0 Å². The third-order valence-corrected chi connectivity index (χ3v) is 4.93. The number of Topliss-reactive ketones (excluding diaryl/α,β-unsaturated/α-hetero) is 1. The lowest BCUT2D eigenvalue weighted by molar-refractivity contribution is -0.939. The predicted molar refractivity (Wildman–Crippen MR) is 92.5 cm³/mol. The zero-order valence-electron chi connectivity index (χ0n) is 14.0. The van der Waals surface area contributed by atoms with Crippen LogP contribution >= 0.6 is 0 Å². The van der Waals surface area contributed by atoms with E-state index in [1.54, 1.807) is 0 Å². The van der Waals surface area contributed by atoms with E-state index in [9.17, 15) is 9.90 Å². The maximum Gasteiger partial charge on any atom is 0.243 e. The molecule has 1 aliphatic heterocycles. The highest BCUT2D eigenvalue weighted by molar-refractivity contribution is 5.96. The Balaban J connectivity index is 1.83. The molecule has 1 fully saturated rings. The third-order valence-electron chi connectivity index (χ3n) is 4.93. The normalized spacial score (nSPS) is 26.9. The number of hydrogen-bond acceptors (Lipinski definition) is 3. The van der Waals surface area contributed by atoms with Gasteiger partial charge in [-0.25, -0.2) is 0 Å². The van der Waals surface area contributed by atoms with Gasteiger partial charge in [-0.2, -0.15) is 0 Å². The summed E-state index contributed by atoms with van der Waals surface area (Å²) in [5, 5.41) is 11.0. The van der Waals surface area contributed by atoms with Crippen LogP contribution < -0.4 is 0 Å². The van der Waals surface area contributed by atoms with Crippen molar-refractivity contribution in [1.82, 2.24) is 0 Å². The van der Waals surface area contributed by atoms with Crippen molar-refractivity contribution in [3.63, 3.8) is 0 Å². The first kappa shape index (κ1) is 16.8. The summed E-state index contributed by atoms with van der Waals surface area (Å²) in [5.74, 6) is -1.23. The second-order valence-corrected chi connectivity index (χ2v) is 6.49. The molecule has 1 saturated heterocycles. The number of benzene rings is 2. The minimum Gasteiger partial charge on any atom is -0.357 e. The van der Waals surface area contributed by atoms with Crippen molar-refractivity contribution in [1.29, 1.82) is 0 Å². The van der Waals surface area contributed by atoms with Gasteiger partial charge in [0, 0.05) is 11.1 Å². The topological polar surface area (TPSA) is 46.5 Å². The van der Waals surface area contributed by atoms with Crippen molar-refractivity contribution < 1.29 is 19.1 Å². The second kappa shape index (κ2) is 6.85. The Morgan fingerprint density at radius 2 is 1.75 bits per heavy atom. The van der Waals surface area contributed by atoms with E-state index < -0.39 is 5.79 Å². The van der Waals surface area contributed by atoms with E-state index in [1.807, 2.05) is 60.7 Å². The summed E-state index contributed by atoms with van der Waals surface area (Å²) in [5.41, 5.74) is 1.46. The fourth-order valence-electron chi connectivity index (χ4n) is 3.40. The standard InChI is InChI=1S/C20H24NO3/c1-2-21(15-19(22)17-9-5-3-6-10-17)13-14-24-20(23,16-21)18-11-7-4-8-12-18/h3-12,23H,2,13-16H2,1H3/q+1/t20-,21?/m1/s1. The van der Waals surface area contributed by atoms with Gasteiger partial charge in [0.25, 0.3) is 0 Å². The number of hydrogen-bond donors (Lipinski definition) is 1. The molecule has 1 N–H and O–H groups in total. The molecule has 2 aromatic carbocycles. The van der Waals surface area contributed by atoms with Gasteiger partial charge in [0.15, 0.2) is 0 Å². The summed E-state index contributed by atoms with van der Waals surface area (Å²) >= 11 is 0. The van der Waals surface area contributed by atoms with Gasteiger partial charge in [-0.3, -0.25) is 4.79 Å². The maximum atomic E-state index is 12.7. The zero-order chi connectivity index (χ0) is 17.0. The summed E-state index contributed by atoms with van der Waals surface area (Å²) in [6.07, 6.45) is 0. The Kier molecular flexibility index (Phi) is 4.81. The van der Waals surface area contributed by atoms with E-state index in [-0.39, 0.29) is 5.78 Å². The van der Waals surface area contributed by atoms with E-state index in [0.717, 1.165) is 24.2 Å². The Bertz CT molecular complexity index is 689. The molecule has 3 rings (SSSR count). The number of ketones is 1. The highest BCUT2D eigenvalue weighted by Crippen LogP contribution is 2.31. The highest BCUT2D eigenvalue weighted by atomic mass is 16.6. The molecule has 0 aliphatic carbocycles. The number of rotatable bonds is 5. The number of morpholine rings is 1. The van der Waals surface area contributed by atoms with Crippen LogP contribution in [0, 0.1) is 0 Å². The summed E-state index contributed by atoms with van der Waals surface area (Å²) < 4.78 is 6.25. The largest absolute Gasteiger partial charge is 0.357 e. The van der Waals surface area contributed by atoms with Crippen LogP contribution in [0.2, 0.25) is 0 Å². The zero-order valence-corrected chi connectivity index (χ0v) is 14.0. The lowest BCUT2D eigenvalue weighted by Crippen LogP contribution is -2.63. The van der Waals surface area contributed by atoms with Gasteiger partial charge < -0.3 is 14.3 Å². The maximum absolute atomic E-state index is 12.7. The number of nitrogens with zero attached hydrogens (tertiary/aromatic N) is 1. The van der Waals surface area contributed by atoms with Gasteiger partial charge in [-0.05, 0) is 6.92 Å². The summed E-state index contributed by atoms with van der Waals surface area (Å²) in [4.78, 5) is 12.7. The molecule has 4 nitrogen and oxygen atoms in total. The Morgan fingerprint density at radius 3 is 2.38 bits per heavy atom. The first-order valence-corrected chi connectivity index (χ1v) is 8.42. The Hall–Kier alpha value is -2.01. The van der Waals surface area contributed by atoms with Crippen LogP contribution in [0.4, 0.5) is 0 Å². The molecule has 0 spiro atoms. The molecule has 24 heavy (non-hydrogen) atoms. The average Bonchev–Trinajstić information content (AvgIpc) is 2.63. The van der Waals surface area contributed by atoms with E-state index in [4.69, 9.17) is 4.74 Å². The summed E-state index contributed by atoms with van der Waals surface area (Å²) in [7, 11) is 0. The first-order valence-electron chi connectivity index (χ1n) is 8.42. The van der Waals surface area contributed by atoms with E-state index >= 15 is 0 Å². The Morgan fingerprint density at radius 1 is 1.12 bits per heavy atom. The minimum absolute atomic E-state index is 0.106. The van der Waals surface area contributed by atoms with Crippen molar-refractivity contribution in [3.8, 4) is 0 Å². The molecular weight excluding hydrogens is 302 g/mol. The molecule has 2 aromatic rings. The number of likely N-dealkylation sites (N-methyl/N-ethyl adjacent to an activating group) is 1. The molecule has 4 heteroatoms. The number of ether oxygens (including phenoxy) is 1. The van der Waals surface area contributed by atoms with Gasteiger partial charge in [-0.15, -0.1) is 0 Å². The number of quaternary nitrogens is 1. The summed E-state index contributed by atoms with van der Waals surface area (Å²) in [6.45, 7) is 4.75. The number of aliphatic hydroxyl groups is 1. The van der Waals surface area contributed by atoms with Crippen molar-refractivity contribution in [3.05, 3.63) is 71.8 Å². The quantitative estimate of drug-likeness (QED) is 0.678. The van der Waals surface area contributed by atoms with Gasteiger partial charge in [-0.1, -0.05) is 60.7 Å². The number of carbonyl (C=O) groups is 1. The van der Waals surface area contributed by atoms with Crippen molar-refractivity contribution >= 4 is 5.78 Å². The molecule has 0 radical (unpaired) electrons. The Labute approximate surface area is 142 Å².